The quantitative estimate of drug-likeness (QED) is 0.718. The van der Waals surface area contributed by atoms with Crippen molar-refractivity contribution < 1.29 is 18.3 Å². The van der Waals surface area contributed by atoms with Crippen LogP contribution in [-0.4, -0.2) is 51.2 Å². The lowest BCUT2D eigenvalue weighted by Crippen LogP contribution is -2.36. The number of nitrogens with two attached hydrogens (primary N) is 1. The van der Waals surface area contributed by atoms with Gasteiger partial charge >= 0.3 is 0 Å². The van der Waals surface area contributed by atoms with Gasteiger partial charge in [0, 0.05) is 20.2 Å². The monoisotopic (exact) mass is 308 g/mol. The molecule has 0 aliphatic heterocycles. The number of nitrogen functional groups attached to an aromatic ring is 1. The average Bonchev–Trinajstić information content (AvgIpc) is 2.37. The molecule has 0 aliphatic rings. The molecular weight excluding hydrogens is 292 g/mol. The zero-order chi connectivity index (χ0) is 14.5. The summed E-state index contributed by atoms with van der Waals surface area (Å²) in [6.07, 6.45) is 0. The molecular formula is C11H17ClN2O4S. The largest absolute Gasteiger partial charge is 0.397 e. The molecule has 0 fully saturated rings. The van der Waals surface area contributed by atoms with Crippen molar-refractivity contribution >= 4 is 27.3 Å². The minimum absolute atomic E-state index is 0.00573. The summed E-state index contributed by atoms with van der Waals surface area (Å²) < 4.78 is 30.7. The lowest BCUT2D eigenvalue weighted by atomic mass is 10.3. The Hall–Kier alpha value is -0.860. The van der Waals surface area contributed by atoms with Gasteiger partial charge in [-0.05, 0) is 18.2 Å². The molecule has 0 bridgehead atoms. The van der Waals surface area contributed by atoms with E-state index in [1.165, 1.54) is 25.3 Å². The molecule has 3 N–H and O–H groups in total. The number of methoxy groups -OCH3 is 1. The van der Waals surface area contributed by atoms with Crippen molar-refractivity contribution in [3.05, 3.63) is 23.2 Å². The Kier molecular flexibility index (Phi) is 6.02. The van der Waals surface area contributed by atoms with Crippen molar-refractivity contribution in [2.75, 3.05) is 39.1 Å². The maximum Gasteiger partial charge on any atom is 0.243 e. The Balaban J connectivity index is 3.07. The van der Waals surface area contributed by atoms with Gasteiger partial charge in [0.25, 0.3) is 0 Å². The maximum atomic E-state index is 12.4. The molecule has 0 radical (unpaired) electrons. The van der Waals surface area contributed by atoms with Crippen molar-refractivity contribution in [2.24, 2.45) is 0 Å². The molecule has 1 rings (SSSR count). The van der Waals surface area contributed by atoms with E-state index in [1.807, 2.05) is 0 Å². The summed E-state index contributed by atoms with van der Waals surface area (Å²) in [6, 6.07) is 4.11. The highest BCUT2D eigenvalue weighted by Gasteiger charge is 2.24. The predicted molar refractivity (Wildman–Crippen MR) is 73.6 cm³/mol. The summed E-state index contributed by atoms with van der Waals surface area (Å²) in [6.45, 7) is 0.116. The van der Waals surface area contributed by atoms with Gasteiger partial charge in [-0.3, -0.25) is 0 Å². The molecule has 8 heteroatoms. The maximum absolute atomic E-state index is 12.4. The zero-order valence-corrected chi connectivity index (χ0v) is 12.1. The van der Waals surface area contributed by atoms with Crippen LogP contribution in [0.15, 0.2) is 23.1 Å². The second kappa shape index (κ2) is 7.06. The fraction of sp³-hybridized carbons (Fsp3) is 0.455. The highest BCUT2D eigenvalue weighted by molar-refractivity contribution is 7.89. The van der Waals surface area contributed by atoms with Crippen LogP contribution in [0.5, 0.6) is 0 Å². The molecule has 108 valence electrons. The fourth-order valence-electron chi connectivity index (χ4n) is 1.49. The van der Waals surface area contributed by atoms with Crippen LogP contribution in [0.1, 0.15) is 0 Å². The number of anilines is 1. The first kappa shape index (κ1) is 16.2. The first-order valence-corrected chi connectivity index (χ1v) is 7.40. The highest BCUT2D eigenvalue weighted by Crippen LogP contribution is 2.24. The standard InChI is InChI=1S/C11H17ClN2O4S/c1-18-7-5-14(4-6-15)19(16,17)9-2-3-10(12)11(13)8-9/h2-3,8,15H,4-7,13H2,1H3. The van der Waals surface area contributed by atoms with Gasteiger partial charge in [-0.1, -0.05) is 11.6 Å². The Morgan fingerprint density at radius 2 is 2.11 bits per heavy atom. The molecule has 0 spiro atoms. The molecule has 0 amide bonds. The van der Waals surface area contributed by atoms with Crippen molar-refractivity contribution in [1.82, 2.24) is 4.31 Å². The second-order valence-electron chi connectivity index (χ2n) is 3.80. The van der Waals surface area contributed by atoms with E-state index < -0.39 is 10.0 Å². The number of nitrogens with zero attached hydrogens (tertiary/aromatic N) is 1. The molecule has 0 aromatic heterocycles. The average molecular weight is 309 g/mol. The highest BCUT2D eigenvalue weighted by atomic mass is 35.5. The predicted octanol–water partition coefficient (Wildman–Crippen LogP) is 0.552. The van der Waals surface area contributed by atoms with Crippen molar-refractivity contribution in [3.8, 4) is 0 Å². The minimum atomic E-state index is -3.72. The molecule has 0 saturated carbocycles. The second-order valence-corrected chi connectivity index (χ2v) is 6.15. The van der Waals surface area contributed by atoms with Crippen molar-refractivity contribution in [2.45, 2.75) is 4.90 Å². The van der Waals surface area contributed by atoms with Gasteiger partial charge in [0.05, 0.1) is 28.8 Å². The van der Waals surface area contributed by atoms with Crippen LogP contribution in [0.25, 0.3) is 0 Å². The van der Waals surface area contributed by atoms with E-state index in [0.717, 1.165) is 4.31 Å². The number of aliphatic hydroxyl groups excluding tert-OH is 1. The Morgan fingerprint density at radius 3 is 2.63 bits per heavy atom. The van der Waals surface area contributed by atoms with Gasteiger partial charge in [0.15, 0.2) is 0 Å². The SMILES string of the molecule is COCCN(CCO)S(=O)(=O)c1ccc(Cl)c(N)c1. The Bertz CT molecular complexity index is 521. The number of benzene rings is 1. The number of sulfonamides is 1. The molecule has 1 aromatic carbocycles. The summed E-state index contributed by atoms with van der Waals surface area (Å²) in [5.74, 6) is 0. The molecule has 0 aliphatic carbocycles. The summed E-state index contributed by atoms with van der Waals surface area (Å²) in [5.41, 5.74) is 5.80. The van der Waals surface area contributed by atoms with Gasteiger partial charge in [0.2, 0.25) is 10.0 Å². The van der Waals surface area contributed by atoms with Crippen molar-refractivity contribution in [3.63, 3.8) is 0 Å². The molecule has 19 heavy (non-hydrogen) atoms. The van der Waals surface area contributed by atoms with Gasteiger partial charge in [0.1, 0.15) is 0 Å². The lowest BCUT2D eigenvalue weighted by Gasteiger charge is -2.21. The van der Waals surface area contributed by atoms with E-state index in [2.05, 4.69) is 0 Å². The summed E-state index contributed by atoms with van der Waals surface area (Å²) in [7, 11) is -2.24. The van der Waals surface area contributed by atoms with Crippen LogP contribution in [0.3, 0.4) is 0 Å². The number of halogens is 1. The molecule has 1 aromatic rings. The Labute approximate surface area is 117 Å². The van der Waals surface area contributed by atoms with Gasteiger partial charge in [-0.2, -0.15) is 4.31 Å². The smallest absolute Gasteiger partial charge is 0.243 e. The third-order valence-corrected chi connectivity index (χ3v) is 4.74. The van der Waals surface area contributed by atoms with Crippen LogP contribution in [0.2, 0.25) is 5.02 Å². The molecule has 0 saturated heterocycles. The third-order valence-electron chi connectivity index (χ3n) is 2.50. The van der Waals surface area contributed by atoms with Crippen LogP contribution in [0, 0.1) is 0 Å². The third kappa shape index (κ3) is 4.05. The lowest BCUT2D eigenvalue weighted by molar-refractivity contribution is 0.168. The van der Waals surface area contributed by atoms with E-state index in [9.17, 15) is 8.42 Å². The molecule has 6 nitrogen and oxygen atoms in total. The van der Waals surface area contributed by atoms with Crippen LogP contribution < -0.4 is 5.73 Å². The summed E-state index contributed by atoms with van der Waals surface area (Å²) >= 11 is 5.76. The van der Waals surface area contributed by atoms with Crippen LogP contribution in [0.4, 0.5) is 5.69 Å². The number of hydrogen-bond acceptors (Lipinski definition) is 5. The van der Waals surface area contributed by atoms with Gasteiger partial charge < -0.3 is 15.6 Å². The summed E-state index contributed by atoms with van der Waals surface area (Å²) in [4.78, 5) is 0.0407. The van der Waals surface area contributed by atoms with E-state index in [0.29, 0.717) is 5.02 Å². The van der Waals surface area contributed by atoms with Crippen LogP contribution in [-0.2, 0) is 14.8 Å². The van der Waals surface area contributed by atoms with E-state index >= 15 is 0 Å². The Morgan fingerprint density at radius 1 is 1.42 bits per heavy atom. The van der Waals surface area contributed by atoms with Gasteiger partial charge in [-0.15, -0.1) is 0 Å². The van der Waals surface area contributed by atoms with E-state index in [4.69, 9.17) is 27.2 Å². The summed E-state index contributed by atoms with van der Waals surface area (Å²) in [5, 5.41) is 9.25. The number of hydrogen-bond donors (Lipinski definition) is 2. The normalized spacial score (nSPS) is 12.0. The zero-order valence-electron chi connectivity index (χ0n) is 10.5. The number of aliphatic hydroxyl groups is 1. The molecule has 0 atom stereocenters. The van der Waals surface area contributed by atoms with E-state index in [-0.39, 0.29) is 36.9 Å². The topological polar surface area (TPSA) is 92.9 Å². The minimum Gasteiger partial charge on any atom is -0.397 e. The number of rotatable bonds is 7. The van der Waals surface area contributed by atoms with Crippen molar-refractivity contribution in [1.29, 1.82) is 0 Å². The van der Waals surface area contributed by atoms with Crippen LogP contribution >= 0.6 is 11.6 Å². The number of ether oxygens (including phenoxy) is 1. The fourth-order valence-corrected chi connectivity index (χ4v) is 3.06. The first-order valence-electron chi connectivity index (χ1n) is 5.58. The first-order chi connectivity index (χ1) is 8.93. The van der Waals surface area contributed by atoms with Gasteiger partial charge in [-0.25, -0.2) is 8.42 Å². The molecule has 0 heterocycles. The van der Waals surface area contributed by atoms with E-state index in [1.54, 1.807) is 0 Å². The molecule has 0 unspecified atom stereocenters.